The first kappa shape index (κ1) is 14.7. The molecule has 1 aromatic carbocycles. The second-order valence-corrected chi connectivity index (χ2v) is 7.59. The van der Waals surface area contributed by atoms with E-state index in [9.17, 15) is 13.2 Å². The highest BCUT2D eigenvalue weighted by Crippen LogP contribution is 2.18. The van der Waals surface area contributed by atoms with Gasteiger partial charge in [0, 0.05) is 13.1 Å². The Hall–Kier alpha value is -2.22. The maximum atomic E-state index is 12.4. The summed E-state index contributed by atoms with van der Waals surface area (Å²) in [5, 5.41) is 7.84. The molecular formula is C14H16N4O3S. The lowest BCUT2D eigenvalue weighted by Gasteiger charge is -2.21. The molecule has 116 valence electrons. The maximum absolute atomic E-state index is 12.4. The summed E-state index contributed by atoms with van der Waals surface area (Å²) in [4.78, 5) is 13.9. The van der Waals surface area contributed by atoms with Gasteiger partial charge in [-0.05, 0) is 18.6 Å². The Morgan fingerprint density at radius 3 is 2.68 bits per heavy atom. The van der Waals surface area contributed by atoms with Gasteiger partial charge in [-0.1, -0.05) is 23.4 Å². The minimum atomic E-state index is -3.03. The van der Waals surface area contributed by atoms with Gasteiger partial charge in [-0.2, -0.15) is 0 Å². The predicted molar refractivity (Wildman–Crippen MR) is 80.5 cm³/mol. The van der Waals surface area contributed by atoms with E-state index in [0.717, 1.165) is 5.69 Å². The van der Waals surface area contributed by atoms with Gasteiger partial charge < -0.3 is 4.90 Å². The molecule has 1 unspecified atom stereocenters. The van der Waals surface area contributed by atoms with Gasteiger partial charge in [0.2, 0.25) is 0 Å². The van der Waals surface area contributed by atoms with Crippen LogP contribution in [0.3, 0.4) is 0 Å². The number of carbonyl (C=O) groups is 1. The average molecular weight is 320 g/mol. The minimum absolute atomic E-state index is 0.0159. The Kier molecular flexibility index (Phi) is 3.69. The number of hydrogen-bond donors (Lipinski definition) is 0. The van der Waals surface area contributed by atoms with Gasteiger partial charge in [-0.15, -0.1) is 5.10 Å². The van der Waals surface area contributed by atoms with Crippen molar-refractivity contribution >= 4 is 15.7 Å². The third kappa shape index (κ3) is 2.87. The number of amides is 1. The van der Waals surface area contributed by atoms with E-state index in [2.05, 4.69) is 10.3 Å². The van der Waals surface area contributed by atoms with Crippen LogP contribution in [0.15, 0.2) is 36.5 Å². The molecule has 0 saturated carbocycles. The molecule has 22 heavy (non-hydrogen) atoms. The molecular weight excluding hydrogens is 304 g/mol. The molecule has 0 aliphatic carbocycles. The number of hydrogen-bond acceptors (Lipinski definition) is 5. The van der Waals surface area contributed by atoms with Crippen LogP contribution < -0.4 is 0 Å². The number of nitrogens with zero attached hydrogens (tertiary/aromatic N) is 4. The lowest BCUT2D eigenvalue weighted by Crippen LogP contribution is -2.38. The fourth-order valence-electron chi connectivity index (χ4n) is 2.50. The third-order valence-corrected chi connectivity index (χ3v) is 5.56. The molecule has 2 heterocycles. The van der Waals surface area contributed by atoms with Crippen molar-refractivity contribution in [2.75, 3.05) is 18.6 Å². The molecule has 1 fully saturated rings. The number of benzene rings is 1. The van der Waals surface area contributed by atoms with Crippen LogP contribution in [-0.4, -0.2) is 58.8 Å². The smallest absolute Gasteiger partial charge is 0.276 e. The van der Waals surface area contributed by atoms with Crippen LogP contribution in [0.25, 0.3) is 5.69 Å². The van der Waals surface area contributed by atoms with Crippen LogP contribution in [-0.2, 0) is 9.84 Å². The van der Waals surface area contributed by atoms with Crippen molar-refractivity contribution in [3.63, 3.8) is 0 Å². The van der Waals surface area contributed by atoms with Crippen molar-refractivity contribution in [3.05, 3.63) is 42.2 Å². The lowest BCUT2D eigenvalue weighted by molar-refractivity contribution is 0.0741. The second kappa shape index (κ2) is 5.53. The highest BCUT2D eigenvalue weighted by atomic mass is 32.2. The van der Waals surface area contributed by atoms with Crippen LogP contribution in [0.4, 0.5) is 0 Å². The minimum Gasteiger partial charge on any atom is -0.336 e. The van der Waals surface area contributed by atoms with Gasteiger partial charge in [0.1, 0.15) is 0 Å². The van der Waals surface area contributed by atoms with E-state index >= 15 is 0 Å². The molecule has 1 aliphatic heterocycles. The first-order valence-electron chi connectivity index (χ1n) is 6.92. The van der Waals surface area contributed by atoms with Crippen LogP contribution in [0.5, 0.6) is 0 Å². The predicted octanol–water partition coefficient (Wildman–Crippen LogP) is 0.526. The summed E-state index contributed by atoms with van der Waals surface area (Å²) < 4.78 is 24.6. The van der Waals surface area contributed by atoms with Crippen molar-refractivity contribution in [3.8, 4) is 5.69 Å². The van der Waals surface area contributed by atoms with Crippen LogP contribution in [0.1, 0.15) is 16.9 Å². The van der Waals surface area contributed by atoms with Gasteiger partial charge in [0.05, 0.1) is 23.4 Å². The van der Waals surface area contributed by atoms with E-state index < -0.39 is 9.84 Å². The molecule has 0 spiro atoms. The Morgan fingerprint density at radius 2 is 2.05 bits per heavy atom. The molecule has 3 rings (SSSR count). The highest BCUT2D eigenvalue weighted by molar-refractivity contribution is 7.91. The van der Waals surface area contributed by atoms with E-state index in [4.69, 9.17) is 0 Å². The van der Waals surface area contributed by atoms with E-state index in [0.29, 0.717) is 6.42 Å². The maximum Gasteiger partial charge on any atom is 0.276 e. The standard InChI is InChI=1S/C14H16N4O3S/c1-17(12-7-8-22(20,21)10-12)14(19)13-9-18(16-15-13)11-5-3-2-4-6-11/h2-6,9,12H,7-8,10H2,1H3. The molecule has 1 atom stereocenters. The first-order valence-corrected chi connectivity index (χ1v) is 8.74. The number of para-hydroxylation sites is 1. The van der Waals surface area contributed by atoms with E-state index in [1.165, 1.54) is 9.58 Å². The second-order valence-electron chi connectivity index (χ2n) is 5.36. The SMILES string of the molecule is CN(C(=O)c1cn(-c2ccccc2)nn1)C1CCS(=O)(=O)C1. The lowest BCUT2D eigenvalue weighted by atomic mass is 10.2. The Bertz CT molecular complexity index is 785. The summed E-state index contributed by atoms with van der Waals surface area (Å²) in [5.74, 6) is -0.169. The Balaban J connectivity index is 1.77. The molecule has 1 aromatic heterocycles. The fraction of sp³-hybridized carbons (Fsp3) is 0.357. The molecule has 7 nitrogen and oxygen atoms in total. The summed E-state index contributed by atoms with van der Waals surface area (Å²) in [6, 6.07) is 9.05. The Labute approximate surface area is 128 Å². The van der Waals surface area contributed by atoms with Gasteiger partial charge in [-0.3, -0.25) is 4.79 Å². The number of sulfone groups is 1. The number of rotatable bonds is 3. The largest absolute Gasteiger partial charge is 0.336 e. The van der Waals surface area contributed by atoms with Gasteiger partial charge >= 0.3 is 0 Å². The van der Waals surface area contributed by atoms with Gasteiger partial charge in [0.15, 0.2) is 15.5 Å². The molecule has 1 saturated heterocycles. The van der Waals surface area contributed by atoms with Crippen molar-refractivity contribution < 1.29 is 13.2 Å². The van der Waals surface area contributed by atoms with Crippen LogP contribution in [0.2, 0.25) is 0 Å². The van der Waals surface area contributed by atoms with Crippen LogP contribution in [0, 0.1) is 0 Å². The van der Waals surface area contributed by atoms with E-state index in [-0.39, 0.29) is 29.1 Å². The molecule has 1 aliphatic rings. The number of carbonyl (C=O) groups excluding carboxylic acids is 1. The summed E-state index contributed by atoms with van der Waals surface area (Å²) >= 11 is 0. The third-order valence-electron chi connectivity index (χ3n) is 3.81. The molecule has 8 heteroatoms. The molecule has 0 radical (unpaired) electrons. The monoisotopic (exact) mass is 320 g/mol. The first-order chi connectivity index (χ1) is 10.5. The van der Waals surface area contributed by atoms with E-state index in [1.54, 1.807) is 13.2 Å². The van der Waals surface area contributed by atoms with Crippen molar-refractivity contribution in [2.45, 2.75) is 12.5 Å². The summed E-state index contributed by atoms with van der Waals surface area (Å²) in [6.45, 7) is 0. The van der Waals surface area contributed by atoms with Crippen molar-refractivity contribution in [2.24, 2.45) is 0 Å². The van der Waals surface area contributed by atoms with Gasteiger partial charge in [0.25, 0.3) is 5.91 Å². The zero-order chi connectivity index (χ0) is 15.7. The average Bonchev–Trinajstić information content (AvgIpc) is 3.13. The summed E-state index contributed by atoms with van der Waals surface area (Å²) in [6.07, 6.45) is 2.02. The van der Waals surface area contributed by atoms with Crippen LogP contribution >= 0.6 is 0 Å². The zero-order valence-electron chi connectivity index (χ0n) is 12.1. The topological polar surface area (TPSA) is 85.2 Å². The molecule has 0 bridgehead atoms. The summed E-state index contributed by atoms with van der Waals surface area (Å²) in [7, 11) is -1.42. The quantitative estimate of drug-likeness (QED) is 0.823. The molecule has 2 aromatic rings. The Morgan fingerprint density at radius 1 is 1.32 bits per heavy atom. The molecule has 1 amide bonds. The normalized spacial score (nSPS) is 20.0. The van der Waals surface area contributed by atoms with Gasteiger partial charge in [-0.25, -0.2) is 13.1 Å². The highest BCUT2D eigenvalue weighted by Gasteiger charge is 2.33. The van der Waals surface area contributed by atoms with Crippen molar-refractivity contribution in [1.29, 1.82) is 0 Å². The number of aromatic nitrogens is 3. The zero-order valence-corrected chi connectivity index (χ0v) is 12.9. The fourth-order valence-corrected chi connectivity index (χ4v) is 4.27. The van der Waals surface area contributed by atoms with E-state index in [1.807, 2.05) is 30.3 Å². The molecule has 0 N–H and O–H groups in total. The summed E-state index contributed by atoms with van der Waals surface area (Å²) in [5.41, 5.74) is 1.01. The van der Waals surface area contributed by atoms with Crippen molar-refractivity contribution in [1.82, 2.24) is 19.9 Å².